The molecule has 18 heavy (non-hydrogen) atoms. The quantitative estimate of drug-likeness (QED) is 0.873. The maximum Gasteiger partial charge on any atom is 0.237 e. The highest BCUT2D eigenvalue weighted by atomic mass is 32.2. The number of nitrogens with zero attached hydrogens (tertiary/aromatic N) is 1. The third-order valence-corrected chi connectivity index (χ3v) is 3.94. The van der Waals surface area contributed by atoms with E-state index in [0.717, 1.165) is 5.56 Å². The van der Waals surface area contributed by atoms with Crippen molar-refractivity contribution in [3.63, 3.8) is 0 Å². The first-order valence-electron chi connectivity index (χ1n) is 5.45. The molecule has 0 bridgehead atoms. The minimum absolute atomic E-state index is 0.0610. The van der Waals surface area contributed by atoms with E-state index in [2.05, 4.69) is 0 Å². The topological polar surface area (TPSA) is 72.6 Å². The first kappa shape index (κ1) is 12.8. The van der Waals surface area contributed by atoms with Gasteiger partial charge in [-0.15, -0.1) is 11.8 Å². The molecular formula is C12H14N2O3S. The first-order chi connectivity index (χ1) is 8.63. The van der Waals surface area contributed by atoms with E-state index in [1.807, 2.05) is 24.3 Å². The highest BCUT2D eigenvalue weighted by molar-refractivity contribution is 8.00. The van der Waals surface area contributed by atoms with Crippen LogP contribution in [0.3, 0.4) is 0 Å². The summed E-state index contributed by atoms with van der Waals surface area (Å²) in [6.07, 6.45) is 0. The lowest BCUT2D eigenvalue weighted by atomic mass is 10.2. The summed E-state index contributed by atoms with van der Waals surface area (Å²) in [5.74, 6) is 0.482. The van der Waals surface area contributed by atoms with Crippen molar-refractivity contribution in [2.24, 2.45) is 5.73 Å². The summed E-state index contributed by atoms with van der Waals surface area (Å²) in [4.78, 5) is 24.3. The van der Waals surface area contributed by atoms with Gasteiger partial charge in [-0.25, -0.2) is 0 Å². The summed E-state index contributed by atoms with van der Waals surface area (Å²) < 4.78 is 5.28. The number of rotatable bonds is 4. The summed E-state index contributed by atoms with van der Waals surface area (Å²) >= 11 is 1.47. The molecule has 1 fully saturated rings. The number of carbonyl (C=O) groups excluding carboxylic acids is 2. The first-order valence-corrected chi connectivity index (χ1v) is 6.50. The minimum atomic E-state index is -0.509. The van der Waals surface area contributed by atoms with Gasteiger partial charge in [0, 0.05) is 5.56 Å². The molecule has 96 valence electrons. The maximum atomic E-state index is 11.7. The minimum Gasteiger partial charge on any atom is -0.496 e. The Labute approximate surface area is 109 Å². The van der Waals surface area contributed by atoms with E-state index >= 15 is 0 Å². The highest BCUT2D eigenvalue weighted by Crippen LogP contribution is 2.41. The number of benzene rings is 1. The lowest BCUT2D eigenvalue weighted by Crippen LogP contribution is -2.36. The Kier molecular flexibility index (Phi) is 3.76. The Morgan fingerprint density at radius 1 is 1.56 bits per heavy atom. The summed E-state index contributed by atoms with van der Waals surface area (Å²) in [7, 11) is 1.58. The normalized spacial score (nSPS) is 19.1. The molecule has 1 aliphatic heterocycles. The number of primary amides is 1. The fraction of sp³-hybridized carbons (Fsp3) is 0.333. The Morgan fingerprint density at radius 3 is 2.94 bits per heavy atom. The average Bonchev–Trinajstić information content (AvgIpc) is 2.70. The average molecular weight is 266 g/mol. The number of amides is 2. The van der Waals surface area contributed by atoms with Crippen LogP contribution in [0.2, 0.25) is 0 Å². The van der Waals surface area contributed by atoms with Crippen molar-refractivity contribution < 1.29 is 14.3 Å². The number of carbonyl (C=O) groups is 2. The Balaban J connectivity index is 2.31. The zero-order chi connectivity index (χ0) is 13.1. The van der Waals surface area contributed by atoms with Gasteiger partial charge in [0.15, 0.2) is 0 Å². The monoisotopic (exact) mass is 266 g/mol. The van der Waals surface area contributed by atoms with Crippen molar-refractivity contribution in [1.29, 1.82) is 0 Å². The molecule has 2 N–H and O–H groups in total. The van der Waals surface area contributed by atoms with Crippen molar-refractivity contribution in [3.8, 4) is 5.75 Å². The van der Waals surface area contributed by atoms with Crippen LogP contribution in [0.25, 0.3) is 0 Å². The molecule has 1 heterocycles. The molecule has 2 amide bonds. The van der Waals surface area contributed by atoms with Crippen LogP contribution in [0.15, 0.2) is 24.3 Å². The number of para-hydroxylation sites is 1. The zero-order valence-corrected chi connectivity index (χ0v) is 10.8. The molecule has 5 nitrogen and oxygen atoms in total. The predicted molar refractivity (Wildman–Crippen MR) is 69.1 cm³/mol. The van der Waals surface area contributed by atoms with E-state index in [1.165, 1.54) is 16.7 Å². The van der Waals surface area contributed by atoms with E-state index in [1.54, 1.807) is 7.11 Å². The molecule has 0 aliphatic carbocycles. The summed E-state index contributed by atoms with van der Waals surface area (Å²) in [5.41, 5.74) is 6.06. The third-order valence-electron chi connectivity index (χ3n) is 2.70. The van der Waals surface area contributed by atoms with E-state index in [-0.39, 0.29) is 17.8 Å². The zero-order valence-electron chi connectivity index (χ0n) is 9.96. The fourth-order valence-corrected chi connectivity index (χ4v) is 3.13. The van der Waals surface area contributed by atoms with Crippen molar-refractivity contribution >= 4 is 23.6 Å². The number of hydrogen-bond donors (Lipinski definition) is 1. The molecule has 1 saturated heterocycles. The van der Waals surface area contributed by atoms with Crippen LogP contribution in [0.1, 0.15) is 10.9 Å². The van der Waals surface area contributed by atoms with Gasteiger partial charge < -0.3 is 15.4 Å². The van der Waals surface area contributed by atoms with Gasteiger partial charge in [0.05, 0.1) is 12.9 Å². The smallest absolute Gasteiger partial charge is 0.237 e. The number of thioether (sulfide) groups is 1. The number of methoxy groups -OCH3 is 1. The summed E-state index contributed by atoms with van der Waals surface area (Å²) in [5, 5.41) is -0.207. The second-order valence-electron chi connectivity index (χ2n) is 3.89. The lowest BCUT2D eigenvalue weighted by molar-refractivity contribution is -0.132. The molecule has 1 aromatic rings. The Bertz CT molecular complexity index is 478. The maximum absolute atomic E-state index is 11.7. The van der Waals surface area contributed by atoms with Gasteiger partial charge >= 0.3 is 0 Å². The molecule has 0 radical (unpaired) electrons. The fourth-order valence-electron chi connectivity index (χ4n) is 1.92. The predicted octanol–water partition coefficient (Wildman–Crippen LogP) is 0.754. The third kappa shape index (κ3) is 2.43. The second-order valence-corrected chi connectivity index (χ2v) is 4.96. The second kappa shape index (κ2) is 5.30. The molecule has 0 unspecified atom stereocenters. The molecule has 1 aromatic carbocycles. The molecule has 6 heteroatoms. The van der Waals surface area contributed by atoms with Gasteiger partial charge in [-0.2, -0.15) is 0 Å². The van der Waals surface area contributed by atoms with Gasteiger partial charge in [0.1, 0.15) is 17.7 Å². The van der Waals surface area contributed by atoms with Crippen molar-refractivity contribution in [2.75, 3.05) is 19.4 Å². The largest absolute Gasteiger partial charge is 0.496 e. The number of nitrogens with two attached hydrogens (primary N) is 1. The molecule has 1 atom stereocenters. The van der Waals surface area contributed by atoms with Crippen molar-refractivity contribution in [1.82, 2.24) is 4.90 Å². The van der Waals surface area contributed by atoms with E-state index in [4.69, 9.17) is 10.5 Å². The number of ether oxygens (including phenoxy) is 1. The summed E-state index contributed by atoms with van der Waals surface area (Å²) in [6.45, 7) is -0.0610. The van der Waals surface area contributed by atoms with Gasteiger partial charge in [-0.05, 0) is 6.07 Å². The van der Waals surface area contributed by atoms with E-state index in [9.17, 15) is 9.59 Å². The van der Waals surface area contributed by atoms with Crippen LogP contribution < -0.4 is 10.5 Å². The van der Waals surface area contributed by atoms with Gasteiger partial charge in [-0.1, -0.05) is 18.2 Å². The van der Waals surface area contributed by atoms with Crippen LogP contribution in [0.4, 0.5) is 0 Å². The van der Waals surface area contributed by atoms with Crippen LogP contribution in [0.5, 0.6) is 5.75 Å². The summed E-state index contributed by atoms with van der Waals surface area (Å²) in [6, 6.07) is 7.47. The Morgan fingerprint density at radius 2 is 2.28 bits per heavy atom. The number of hydrogen-bond acceptors (Lipinski definition) is 4. The van der Waals surface area contributed by atoms with Crippen LogP contribution >= 0.6 is 11.8 Å². The van der Waals surface area contributed by atoms with Gasteiger partial charge in [0.2, 0.25) is 11.8 Å². The van der Waals surface area contributed by atoms with Crippen LogP contribution in [-0.2, 0) is 9.59 Å². The molecule has 1 aliphatic rings. The molecule has 0 saturated carbocycles. The lowest BCUT2D eigenvalue weighted by Gasteiger charge is -2.24. The van der Waals surface area contributed by atoms with Crippen molar-refractivity contribution in [3.05, 3.63) is 29.8 Å². The van der Waals surface area contributed by atoms with Crippen molar-refractivity contribution in [2.45, 2.75) is 5.37 Å². The van der Waals surface area contributed by atoms with Gasteiger partial charge in [-0.3, -0.25) is 9.59 Å². The standard InChI is InChI=1S/C12H14N2O3S/c1-17-9-5-3-2-4-8(9)12-14(6-10(13)15)11(16)7-18-12/h2-5,12H,6-7H2,1H3,(H2,13,15)/t12-/m0/s1. The molecular weight excluding hydrogens is 252 g/mol. The highest BCUT2D eigenvalue weighted by Gasteiger charge is 2.35. The Hall–Kier alpha value is -1.69. The van der Waals surface area contributed by atoms with Crippen LogP contribution in [-0.4, -0.2) is 36.1 Å². The van der Waals surface area contributed by atoms with E-state index < -0.39 is 5.91 Å². The SMILES string of the molecule is COc1ccccc1[C@@H]1SCC(=O)N1CC(N)=O. The van der Waals surface area contributed by atoms with Gasteiger partial charge in [0.25, 0.3) is 0 Å². The van der Waals surface area contributed by atoms with E-state index in [0.29, 0.717) is 11.5 Å². The molecule has 2 rings (SSSR count). The molecule has 0 aromatic heterocycles. The van der Waals surface area contributed by atoms with Crippen LogP contribution in [0, 0.1) is 0 Å². The molecule has 0 spiro atoms.